The van der Waals surface area contributed by atoms with Crippen molar-refractivity contribution in [2.24, 2.45) is 0 Å². The third-order valence-corrected chi connectivity index (χ3v) is 4.93. The number of methoxy groups -OCH3 is 1. The Kier molecular flexibility index (Phi) is 6.67. The van der Waals surface area contributed by atoms with Crippen molar-refractivity contribution in [3.63, 3.8) is 0 Å². The molecule has 1 saturated heterocycles. The number of nitrogens with one attached hydrogen (secondary N) is 1. The minimum Gasteiger partial charge on any atom is -0.497 e. The number of nitrogens with zero attached hydrogens (tertiary/aromatic N) is 1. The smallest absolute Gasteiger partial charge is 0.251 e. The molecule has 1 fully saturated rings. The summed E-state index contributed by atoms with van der Waals surface area (Å²) < 4.78 is 5.15. The topological polar surface area (TPSA) is 41.6 Å². The van der Waals surface area contributed by atoms with Crippen LogP contribution >= 0.6 is 0 Å². The van der Waals surface area contributed by atoms with E-state index in [1.54, 1.807) is 7.11 Å². The number of amides is 1. The van der Waals surface area contributed by atoms with Gasteiger partial charge in [-0.05, 0) is 61.3 Å². The summed E-state index contributed by atoms with van der Waals surface area (Å²) in [4.78, 5) is 14.9. The zero-order valence-electron chi connectivity index (χ0n) is 15.5. The molecule has 1 amide bonds. The quantitative estimate of drug-likeness (QED) is 0.854. The second-order valence-electron chi connectivity index (χ2n) is 6.92. The summed E-state index contributed by atoms with van der Waals surface area (Å²) in [5.74, 6) is 0.780. The fraction of sp³-hybridized carbons (Fsp3) is 0.409. The first-order valence-electron chi connectivity index (χ1n) is 9.47. The maximum absolute atomic E-state index is 12.3. The van der Waals surface area contributed by atoms with Crippen molar-refractivity contribution in [3.05, 3.63) is 65.2 Å². The molecule has 1 aliphatic heterocycles. The van der Waals surface area contributed by atoms with Crippen molar-refractivity contribution in [2.75, 3.05) is 20.2 Å². The van der Waals surface area contributed by atoms with E-state index in [1.807, 2.05) is 36.4 Å². The standard InChI is InChI=1S/C22H28N2O2/c1-26-21-12-8-18(9-13-21)16-23-22(25)20-10-6-19(7-11-20)17-24-14-4-2-3-5-15-24/h6-13H,2-5,14-17H2,1H3,(H,23,25). The molecule has 2 aromatic carbocycles. The van der Waals surface area contributed by atoms with E-state index < -0.39 is 0 Å². The number of hydrogen-bond acceptors (Lipinski definition) is 3. The Hall–Kier alpha value is -2.33. The molecule has 0 saturated carbocycles. The molecule has 2 aromatic rings. The Balaban J connectivity index is 1.51. The predicted octanol–water partition coefficient (Wildman–Crippen LogP) is 4.00. The molecule has 0 unspecified atom stereocenters. The summed E-state index contributed by atoms with van der Waals surface area (Å²) in [6.45, 7) is 3.86. The monoisotopic (exact) mass is 352 g/mol. The summed E-state index contributed by atoms with van der Waals surface area (Å²) in [5.41, 5.74) is 3.04. The van der Waals surface area contributed by atoms with E-state index in [1.165, 1.54) is 44.3 Å². The number of hydrogen-bond donors (Lipinski definition) is 1. The van der Waals surface area contributed by atoms with E-state index in [0.717, 1.165) is 17.9 Å². The van der Waals surface area contributed by atoms with Gasteiger partial charge in [0.25, 0.3) is 5.91 Å². The molecule has 26 heavy (non-hydrogen) atoms. The largest absolute Gasteiger partial charge is 0.497 e. The Morgan fingerprint density at radius 1 is 0.923 bits per heavy atom. The van der Waals surface area contributed by atoms with E-state index >= 15 is 0 Å². The van der Waals surface area contributed by atoms with Gasteiger partial charge in [0.05, 0.1) is 7.11 Å². The minimum absolute atomic E-state index is 0.0397. The number of likely N-dealkylation sites (tertiary alicyclic amines) is 1. The highest BCUT2D eigenvalue weighted by atomic mass is 16.5. The molecule has 0 spiro atoms. The number of ether oxygens (including phenoxy) is 1. The highest BCUT2D eigenvalue weighted by Crippen LogP contribution is 2.14. The lowest BCUT2D eigenvalue weighted by molar-refractivity contribution is 0.0951. The van der Waals surface area contributed by atoms with Gasteiger partial charge >= 0.3 is 0 Å². The van der Waals surface area contributed by atoms with Crippen LogP contribution < -0.4 is 10.1 Å². The number of rotatable bonds is 6. The fourth-order valence-electron chi connectivity index (χ4n) is 3.34. The van der Waals surface area contributed by atoms with Crippen LogP contribution in [0.1, 0.15) is 47.2 Å². The summed E-state index contributed by atoms with van der Waals surface area (Å²) in [6, 6.07) is 15.7. The first kappa shape index (κ1) is 18.5. The van der Waals surface area contributed by atoms with Crippen LogP contribution in [0.2, 0.25) is 0 Å². The average Bonchev–Trinajstić information content (AvgIpc) is 2.96. The van der Waals surface area contributed by atoms with Gasteiger partial charge in [0, 0.05) is 18.7 Å². The normalized spacial score (nSPS) is 15.3. The lowest BCUT2D eigenvalue weighted by atomic mass is 10.1. The molecule has 0 radical (unpaired) electrons. The molecular weight excluding hydrogens is 324 g/mol. The first-order valence-corrected chi connectivity index (χ1v) is 9.47. The fourth-order valence-corrected chi connectivity index (χ4v) is 3.34. The summed E-state index contributed by atoms with van der Waals surface area (Å²) in [7, 11) is 1.65. The van der Waals surface area contributed by atoms with E-state index in [4.69, 9.17) is 4.74 Å². The van der Waals surface area contributed by atoms with Gasteiger partial charge in [-0.1, -0.05) is 37.1 Å². The second kappa shape index (κ2) is 9.39. The van der Waals surface area contributed by atoms with Crippen LogP contribution in [0.4, 0.5) is 0 Å². The van der Waals surface area contributed by atoms with Gasteiger partial charge in [0.15, 0.2) is 0 Å². The highest BCUT2D eigenvalue weighted by Gasteiger charge is 2.10. The molecule has 1 aliphatic rings. The predicted molar refractivity (Wildman–Crippen MR) is 104 cm³/mol. The molecule has 138 valence electrons. The van der Waals surface area contributed by atoms with Crippen molar-refractivity contribution in [3.8, 4) is 5.75 Å². The third kappa shape index (κ3) is 5.33. The second-order valence-corrected chi connectivity index (χ2v) is 6.92. The van der Waals surface area contributed by atoms with Crippen molar-refractivity contribution in [1.82, 2.24) is 10.2 Å². The van der Waals surface area contributed by atoms with Crippen LogP contribution in [0, 0.1) is 0 Å². The van der Waals surface area contributed by atoms with Crippen molar-refractivity contribution >= 4 is 5.91 Å². The average molecular weight is 352 g/mol. The van der Waals surface area contributed by atoms with E-state index in [9.17, 15) is 4.79 Å². The number of carbonyl (C=O) groups excluding carboxylic acids is 1. The zero-order valence-corrected chi connectivity index (χ0v) is 15.5. The highest BCUT2D eigenvalue weighted by molar-refractivity contribution is 5.94. The van der Waals surface area contributed by atoms with Gasteiger partial charge in [-0.25, -0.2) is 0 Å². The summed E-state index contributed by atoms with van der Waals surface area (Å²) in [5, 5.41) is 2.97. The molecule has 4 heteroatoms. The molecule has 1 heterocycles. The SMILES string of the molecule is COc1ccc(CNC(=O)c2ccc(CN3CCCCCC3)cc2)cc1. The van der Waals surface area contributed by atoms with Crippen LogP contribution in [-0.4, -0.2) is 31.0 Å². The summed E-state index contributed by atoms with van der Waals surface area (Å²) in [6.07, 6.45) is 5.30. The summed E-state index contributed by atoms with van der Waals surface area (Å²) >= 11 is 0. The maximum Gasteiger partial charge on any atom is 0.251 e. The molecule has 4 nitrogen and oxygen atoms in total. The molecule has 1 N–H and O–H groups in total. The Labute approximate surface area is 156 Å². The minimum atomic E-state index is -0.0397. The Bertz CT molecular complexity index is 687. The van der Waals surface area contributed by atoms with Crippen molar-refractivity contribution in [2.45, 2.75) is 38.8 Å². The van der Waals surface area contributed by atoms with Crippen LogP contribution in [0.15, 0.2) is 48.5 Å². The maximum atomic E-state index is 12.3. The first-order chi connectivity index (χ1) is 12.7. The van der Waals surface area contributed by atoms with Gasteiger partial charge < -0.3 is 10.1 Å². The van der Waals surface area contributed by atoms with E-state index in [-0.39, 0.29) is 5.91 Å². The van der Waals surface area contributed by atoms with Gasteiger partial charge in [-0.2, -0.15) is 0 Å². The number of benzene rings is 2. The molecule has 0 atom stereocenters. The van der Waals surface area contributed by atoms with Gasteiger partial charge in [0.2, 0.25) is 0 Å². The van der Waals surface area contributed by atoms with Crippen LogP contribution in [0.5, 0.6) is 5.75 Å². The van der Waals surface area contributed by atoms with Crippen molar-refractivity contribution in [1.29, 1.82) is 0 Å². The molecular formula is C22H28N2O2. The van der Waals surface area contributed by atoms with Gasteiger partial charge in [-0.3, -0.25) is 9.69 Å². The molecule has 0 aliphatic carbocycles. The van der Waals surface area contributed by atoms with Gasteiger partial charge in [-0.15, -0.1) is 0 Å². The van der Waals surface area contributed by atoms with E-state index in [2.05, 4.69) is 22.3 Å². The van der Waals surface area contributed by atoms with Gasteiger partial charge in [0.1, 0.15) is 5.75 Å². The third-order valence-electron chi connectivity index (χ3n) is 4.93. The lowest BCUT2D eigenvalue weighted by Gasteiger charge is -2.19. The number of carbonyl (C=O) groups is 1. The Morgan fingerprint density at radius 3 is 2.15 bits per heavy atom. The molecule has 0 bridgehead atoms. The van der Waals surface area contributed by atoms with Crippen LogP contribution in [0.25, 0.3) is 0 Å². The van der Waals surface area contributed by atoms with Crippen molar-refractivity contribution < 1.29 is 9.53 Å². The lowest BCUT2D eigenvalue weighted by Crippen LogP contribution is -2.24. The van der Waals surface area contributed by atoms with Crippen LogP contribution in [-0.2, 0) is 13.1 Å². The van der Waals surface area contributed by atoms with Crippen LogP contribution in [0.3, 0.4) is 0 Å². The Morgan fingerprint density at radius 2 is 1.54 bits per heavy atom. The molecule has 3 rings (SSSR count). The molecule has 0 aromatic heterocycles. The van der Waals surface area contributed by atoms with E-state index in [0.29, 0.717) is 12.1 Å². The zero-order chi connectivity index (χ0) is 18.2.